The topological polar surface area (TPSA) is 78.8 Å². The Bertz CT molecular complexity index is 1220. The summed E-state index contributed by atoms with van der Waals surface area (Å²) in [6.45, 7) is 2.81. The zero-order chi connectivity index (χ0) is 20.5. The van der Waals surface area contributed by atoms with E-state index in [-0.39, 0.29) is 6.04 Å². The number of hydrogen-bond donors (Lipinski definition) is 4. The highest BCUT2D eigenvalue weighted by molar-refractivity contribution is 5.92. The second-order valence-corrected chi connectivity index (χ2v) is 7.74. The Kier molecular flexibility index (Phi) is 4.64. The van der Waals surface area contributed by atoms with Crippen molar-refractivity contribution in [3.8, 4) is 11.1 Å². The molecular formula is C25H25N5. The van der Waals surface area contributed by atoms with Crippen molar-refractivity contribution in [3.05, 3.63) is 89.9 Å². The number of hydrogen-bond acceptors (Lipinski definition) is 4. The molecule has 0 amide bonds. The molecule has 150 valence electrons. The van der Waals surface area contributed by atoms with Crippen LogP contribution in [-0.2, 0) is 0 Å². The molecule has 0 radical (unpaired) electrons. The van der Waals surface area contributed by atoms with Crippen LogP contribution in [0.4, 0.5) is 5.69 Å². The van der Waals surface area contributed by atoms with E-state index >= 15 is 0 Å². The van der Waals surface area contributed by atoms with Gasteiger partial charge >= 0.3 is 0 Å². The lowest BCUT2D eigenvalue weighted by Crippen LogP contribution is -2.16. The van der Waals surface area contributed by atoms with Gasteiger partial charge < -0.3 is 21.4 Å². The number of aromatic nitrogens is 2. The van der Waals surface area contributed by atoms with Crippen molar-refractivity contribution in [2.45, 2.75) is 19.4 Å². The summed E-state index contributed by atoms with van der Waals surface area (Å²) in [6.07, 6.45) is 2.70. The number of nitrogens with one attached hydrogen (secondary N) is 3. The maximum absolute atomic E-state index is 6.24. The third kappa shape index (κ3) is 3.28. The molecule has 0 saturated carbocycles. The molecule has 0 bridgehead atoms. The molecule has 5 nitrogen and oxygen atoms in total. The Morgan fingerprint density at radius 2 is 1.90 bits per heavy atom. The molecule has 0 saturated heterocycles. The number of H-pyrrole nitrogens is 1. The molecule has 1 aliphatic heterocycles. The standard InChI is InChI=1S/C25H25N5/c1-16(26)24-20-11-10-17(19-8-5-9-23-25(19)29-15-28-23)14-21(20)22(12-13-27-24)30-18-6-3-2-4-7-18/h2-11,14-15,22,27,30H,12-13,26H2,1H3,(H,28,29)/b24-16-. The van der Waals surface area contributed by atoms with Crippen molar-refractivity contribution < 1.29 is 0 Å². The summed E-state index contributed by atoms with van der Waals surface area (Å²) in [6, 6.07) is 23.4. The lowest BCUT2D eigenvalue weighted by atomic mass is 9.92. The minimum Gasteiger partial charge on any atom is -0.401 e. The molecule has 30 heavy (non-hydrogen) atoms. The fraction of sp³-hybridized carbons (Fsp3) is 0.160. The van der Waals surface area contributed by atoms with Gasteiger partial charge in [-0.1, -0.05) is 42.5 Å². The summed E-state index contributed by atoms with van der Waals surface area (Å²) in [5, 5.41) is 7.26. The van der Waals surface area contributed by atoms with Crippen molar-refractivity contribution in [3.63, 3.8) is 0 Å². The van der Waals surface area contributed by atoms with Gasteiger partial charge in [0.1, 0.15) is 0 Å². The molecule has 0 fully saturated rings. The first-order valence-electron chi connectivity index (χ1n) is 10.3. The van der Waals surface area contributed by atoms with Gasteiger partial charge in [0.25, 0.3) is 0 Å². The highest BCUT2D eigenvalue weighted by Crippen LogP contribution is 2.36. The molecule has 5 rings (SSSR count). The van der Waals surface area contributed by atoms with Crippen LogP contribution in [0, 0.1) is 0 Å². The number of nitrogens with zero attached hydrogens (tertiary/aromatic N) is 1. The average molecular weight is 396 g/mol. The summed E-state index contributed by atoms with van der Waals surface area (Å²) in [5.74, 6) is 0. The Balaban J connectivity index is 1.66. The van der Waals surface area contributed by atoms with Gasteiger partial charge in [-0.25, -0.2) is 4.98 Å². The molecule has 3 aromatic carbocycles. The maximum Gasteiger partial charge on any atom is 0.0960 e. The average Bonchev–Trinajstić information content (AvgIpc) is 3.18. The number of rotatable bonds is 3. The van der Waals surface area contributed by atoms with E-state index in [1.54, 1.807) is 6.33 Å². The van der Waals surface area contributed by atoms with Crippen LogP contribution in [0.5, 0.6) is 0 Å². The summed E-state index contributed by atoms with van der Waals surface area (Å²) in [7, 11) is 0. The molecule has 5 heteroatoms. The Morgan fingerprint density at radius 3 is 2.73 bits per heavy atom. The van der Waals surface area contributed by atoms with Gasteiger partial charge in [0.15, 0.2) is 0 Å². The first-order chi connectivity index (χ1) is 14.7. The van der Waals surface area contributed by atoms with Crippen LogP contribution in [0.15, 0.2) is 78.8 Å². The van der Waals surface area contributed by atoms with E-state index in [1.807, 2.05) is 13.0 Å². The van der Waals surface area contributed by atoms with E-state index in [1.165, 1.54) is 5.56 Å². The van der Waals surface area contributed by atoms with E-state index in [0.29, 0.717) is 0 Å². The molecule has 0 spiro atoms. The summed E-state index contributed by atoms with van der Waals surface area (Å²) in [4.78, 5) is 7.75. The van der Waals surface area contributed by atoms with E-state index in [0.717, 1.165) is 57.8 Å². The number of benzene rings is 3. The molecule has 1 atom stereocenters. The minimum atomic E-state index is 0.171. The van der Waals surface area contributed by atoms with Crippen LogP contribution < -0.4 is 16.4 Å². The molecule has 0 aliphatic carbocycles. The van der Waals surface area contributed by atoms with Gasteiger partial charge in [-0.15, -0.1) is 0 Å². The van der Waals surface area contributed by atoms with Gasteiger partial charge in [0.05, 0.1) is 29.1 Å². The van der Waals surface area contributed by atoms with Crippen LogP contribution in [0.2, 0.25) is 0 Å². The Morgan fingerprint density at radius 1 is 1.03 bits per heavy atom. The lowest BCUT2D eigenvalue weighted by molar-refractivity contribution is 0.683. The van der Waals surface area contributed by atoms with E-state index in [4.69, 9.17) is 5.73 Å². The Hall–Kier alpha value is -3.73. The monoisotopic (exact) mass is 395 g/mol. The van der Waals surface area contributed by atoms with E-state index in [2.05, 4.69) is 81.3 Å². The molecule has 1 aromatic heterocycles. The number of allylic oxidation sites excluding steroid dienone is 1. The smallest absolute Gasteiger partial charge is 0.0960 e. The van der Waals surface area contributed by atoms with Gasteiger partial charge in [-0.3, -0.25) is 0 Å². The molecule has 5 N–H and O–H groups in total. The zero-order valence-electron chi connectivity index (χ0n) is 16.9. The van der Waals surface area contributed by atoms with Crippen LogP contribution in [0.25, 0.3) is 27.9 Å². The fourth-order valence-electron chi connectivity index (χ4n) is 4.27. The summed E-state index contributed by atoms with van der Waals surface area (Å²) in [5.41, 5.74) is 15.9. The van der Waals surface area contributed by atoms with Crippen molar-refractivity contribution in [2.24, 2.45) is 5.73 Å². The van der Waals surface area contributed by atoms with Crippen LogP contribution >= 0.6 is 0 Å². The van der Waals surface area contributed by atoms with Crippen LogP contribution in [0.3, 0.4) is 0 Å². The first kappa shape index (κ1) is 18.3. The predicted octanol–water partition coefficient (Wildman–Crippen LogP) is 5.02. The number of imidazole rings is 1. The highest BCUT2D eigenvalue weighted by atomic mass is 15.0. The first-order valence-corrected chi connectivity index (χ1v) is 10.3. The quantitative estimate of drug-likeness (QED) is 0.393. The fourth-order valence-corrected chi connectivity index (χ4v) is 4.27. The molecular weight excluding hydrogens is 370 g/mol. The van der Waals surface area contributed by atoms with E-state index in [9.17, 15) is 0 Å². The highest BCUT2D eigenvalue weighted by Gasteiger charge is 2.23. The van der Waals surface area contributed by atoms with Crippen molar-refractivity contribution in [1.82, 2.24) is 15.3 Å². The molecule has 1 aliphatic rings. The largest absolute Gasteiger partial charge is 0.401 e. The summed E-state index contributed by atoms with van der Waals surface area (Å²) >= 11 is 0. The number of para-hydroxylation sites is 2. The molecule has 1 unspecified atom stereocenters. The lowest BCUT2D eigenvalue weighted by Gasteiger charge is -2.21. The van der Waals surface area contributed by atoms with Crippen LogP contribution in [0.1, 0.15) is 30.5 Å². The number of nitrogens with two attached hydrogens (primary N) is 1. The van der Waals surface area contributed by atoms with Gasteiger partial charge in [-0.05, 0) is 48.7 Å². The van der Waals surface area contributed by atoms with Gasteiger partial charge in [0, 0.05) is 29.1 Å². The number of fused-ring (bicyclic) bond motifs is 2. The van der Waals surface area contributed by atoms with Crippen molar-refractivity contribution >= 4 is 22.4 Å². The second kappa shape index (κ2) is 7.59. The van der Waals surface area contributed by atoms with E-state index < -0.39 is 0 Å². The maximum atomic E-state index is 6.24. The van der Waals surface area contributed by atoms with Crippen molar-refractivity contribution in [2.75, 3.05) is 11.9 Å². The third-order valence-corrected chi connectivity index (χ3v) is 5.70. The molecule has 4 aromatic rings. The number of aromatic amines is 1. The van der Waals surface area contributed by atoms with Crippen molar-refractivity contribution in [1.29, 1.82) is 0 Å². The summed E-state index contributed by atoms with van der Waals surface area (Å²) < 4.78 is 0. The third-order valence-electron chi connectivity index (χ3n) is 5.70. The minimum absolute atomic E-state index is 0.171. The van der Waals surface area contributed by atoms with Gasteiger partial charge in [0.2, 0.25) is 0 Å². The van der Waals surface area contributed by atoms with Crippen LogP contribution in [-0.4, -0.2) is 16.5 Å². The van der Waals surface area contributed by atoms with Gasteiger partial charge in [-0.2, -0.15) is 0 Å². The Labute approximate surface area is 176 Å². The normalized spacial score (nSPS) is 17.7. The zero-order valence-corrected chi connectivity index (χ0v) is 16.9. The SMILES string of the molecule is C/C(N)=C1/NCCC(Nc2ccccc2)c2cc(-c3cccc4[nH]cnc34)ccc21. The number of anilines is 1. The molecule has 2 heterocycles. The second-order valence-electron chi connectivity index (χ2n) is 7.74. The predicted molar refractivity (Wildman–Crippen MR) is 124 cm³/mol.